The Morgan fingerprint density at radius 3 is 2.48 bits per heavy atom. The SMILES string of the molecule is CNCc1cc(OC)c(OC)cc1-c1cncc(C#N)c1. The van der Waals surface area contributed by atoms with E-state index in [4.69, 9.17) is 14.7 Å². The van der Waals surface area contributed by atoms with Crippen LogP contribution in [0.5, 0.6) is 11.5 Å². The van der Waals surface area contributed by atoms with Gasteiger partial charge in [-0.1, -0.05) is 0 Å². The Balaban J connectivity index is 2.62. The summed E-state index contributed by atoms with van der Waals surface area (Å²) < 4.78 is 10.7. The number of nitrogens with zero attached hydrogens (tertiary/aromatic N) is 2. The molecule has 1 heterocycles. The van der Waals surface area contributed by atoms with Gasteiger partial charge in [-0.3, -0.25) is 4.98 Å². The maximum atomic E-state index is 9.02. The fraction of sp³-hybridized carbons (Fsp3) is 0.250. The number of nitrogens with one attached hydrogen (secondary N) is 1. The van der Waals surface area contributed by atoms with Crippen LogP contribution in [-0.2, 0) is 6.54 Å². The second-order valence-corrected chi connectivity index (χ2v) is 4.47. The zero-order valence-electron chi connectivity index (χ0n) is 12.3. The molecule has 0 radical (unpaired) electrons. The molecule has 0 unspecified atom stereocenters. The van der Waals surface area contributed by atoms with Crippen LogP contribution in [0.25, 0.3) is 11.1 Å². The Morgan fingerprint density at radius 2 is 1.86 bits per heavy atom. The highest BCUT2D eigenvalue weighted by atomic mass is 16.5. The molecule has 0 aliphatic heterocycles. The van der Waals surface area contributed by atoms with Gasteiger partial charge in [-0.15, -0.1) is 0 Å². The molecule has 0 saturated carbocycles. The molecule has 0 amide bonds. The summed E-state index contributed by atoms with van der Waals surface area (Å²) in [5.41, 5.74) is 3.41. The van der Waals surface area contributed by atoms with E-state index in [0.717, 1.165) is 16.7 Å². The Morgan fingerprint density at radius 1 is 1.14 bits per heavy atom. The number of nitriles is 1. The number of methoxy groups -OCH3 is 2. The van der Waals surface area contributed by atoms with E-state index in [1.165, 1.54) is 0 Å². The first-order chi connectivity index (χ1) is 10.2. The van der Waals surface area contributed by atoms with Gasteiger partial charge in [-0.2, -0.15) is 5.26 Å². The number of aromatic nitrogens is 1. The Kier molecular flexibility index (Phi) is 4.75. The van der Waals surface area contributed by atoms with Gasteiger partial charge >= 0.3 is 0 Å². The summed E-state index contributed by atoms with van der Waals surface area (Å²) >= 11 is 0. The van der Waals surface area contributed by atoms with Crippen molar-refractivity contribution in [1.82, 2.24) is 10.3 Å². The van der Waals surface area contributed by atoms with E-state index < -0.39 is 0 Å². The van der Waals surface area contributed by atoms with Crippen molar-refractivity contribution in [3.63, 3.8) is 0 Å². The second kappa shape index (κ2) is 6.73. The predicted molar refractivity (Wildman–Crippen MR) is 80.3 cm³/mol. The molecule has 0 spiro atoms. The second-order valence-electron chi connectivity index (χ2n) is 4.47. The lowest BCUT2D eigenvalue weighted by Gasteiger charge is -2.15. The number of ether oxygens (including phenoxy) is 2. The topological polar surface area (TPSA) is 67.2 Å². The number of rotatable bonds is 5. The van der Waals surface area contributed by atoms with E-state index in [2.05, 4.69) is 16.4 Å². The third-order valence-electron chi connectivity index (χ3n) is 3.15. The third-order valence-corrected chi connectivity index (χ3v) is 3.15. The summed E-state index contributed by atoms with van der Waals surface area (Å²) in [6, 6.07) is 7.76. The minimum Gasteiger partial charge on any atom is -0.493 e. The molecule has 0 aliphatic carbocycles. The van der Waals surface area contributed by atoms with Crippen LogP contribution in [0.15, 0.2) is 30.6 Å². The lowest BCUT2D eigenvalue weighted by Crippen LogP contribution is -2.07. The predicted octanol–water partition coefficient (Wildman–Crippen LogP) is 2.36. The maximum absolute atomic E-state index is 9.02. The Bertz CT molecular complexity index is 678. The Hall–Kier alpha value is -2.58. The van der Waals surface area contributed by atoms with Gasteiger partial charge in [0, 0.05) is 24.5 Å². The van der Waals surface area contributed by atoms with E-state index in [-0.39, 0.29) is 0 Å². The first-order valence-corrected chi connectivity index (χ1v) is 6.48. The molecule has 1 aromatic heterocycles. The normalized spacial score (nSPS) is 10.0. The number of benzene rings is 1. The van der Waals surface area contributed by atoms with Crippen LogP contribution in [-0.4, -0.2) is 26.3 Å². The molecule has 0 saturated heterocycles. The lowest BCUT2D eigenvalue weighted by atomic mass is 9.99. The van der Waals surface area contributed by atoms with Gasteiger partial charge in [-0.25, -0.2) is 0 Å². The van der Waals surface area contributed by atoms with Crippen molar-refractivity contribution in [2.45, 2.75) is 6.54 Å². The lowest BCUT2D eigenvalue weighted by molar-refractivity contribution is 0.354. The first kappa shape index (κ1) is 14.8. The van der Waals surface area contributed by atoms with Crippen molar-refractivity contribution < 1.29 is 9.47 Å². The quantitative estimate of drug-likeness (QED) is 0.912. The van der Waals surface area contributed by atoms with E-state index in [9.17, 15) is 0 Å². The summed E-state index contributed by atoms with van der Waals surface area (Å²) in [5, 5.41) is 12.1. The zero-order chi connectivity index (χ0) is 15.2. The van der Waals surface area contributed by atoms with Crippen molar-refractivity contribution in [2.75, 3.05) is 21.3 Å². The maximum Gasteiger partial charge on any atom is 0.161 e. The summed E-state index contributed by atoms with van der Waals surface area (Å²) in [5.74, 6) is 1.32. The Labute approximate surface area is 124 Å². The van der Waals surface area contributed by atoms with Gasteiger partial charge in [0.15, 0.2) is 11.5 Å². The number of hydrogen-bond acceptors (Lipinski definition) is 5. The van der Waals surface area contributed by atoms with Crippen molar-refractivity contribution in [3.8, 4) is 28.7 Å². The third kappa shape index (κ3) is 3.12. The highest BCUT2D eigenvalue weighted by Crippen LogP contribution is 2.35. The van der Waals surface area contributed by atoms with Gasteiger partial charge in [0.2, 0.25) is 0 Å². The highest BCUT2D eigenvalue weighted by molar-refractivity contribution is 5.71. The van der Waals surface area contributed by atoms with Crippen LogP contribution in [0.1, 0.15) is 11.1 Å². The molecule has 108 valence electrons. The first-order valence-electron chi connectivity index (χ1n) is 6.48. The molecule has 5 heteroatoms. The fourth-order valence-corrected chi connectivity index (χ4v) is 2.17. The standard InChI is InChI=1S/C16H17N3O2/c1-18-9-13-5-15(20-2)16(21-3)6-14(13)12-4-11(7-17)8-19-10-12/h4-6,8,10,18H,9H2,1-3H3. The summed E-state index contributed by atoms with van der Waals surface area (Å²) in [6.07, 6.45) is 3.28. The van der Waals surface area contributed by atoms with Crippen LogP contribution in [0.2, 0.25) is 0 Å². The van der Waals surface area contributed by atoms with E-state index >= 15 is 0 Å². The summed E-state index contributed by atoms with van der Waals surface area (Å²) in [7, 11) is 5.09. The van der Waals surface area contributed by atoms with Crippen molar-refractivity contribution in [1.29, 1.82) is 5.26 Å². The van der Waals surface area contributed by atoms with Gasteiger partial charge in [0.25, 0.3) is 0 Å². The van der Waals surface area contributed by atoms with E-state index in [0.29, 0.717) is 23.6 Å². The van der Waals surface area contributed by atoms with Crippen LogP contribution in [0.3, 0.4) is 0 Å². The largest absolute Gasteiger partial charge is 0.493 e. The molecule has 1 N–H and O–H groups in total. The fourth-order valence-electron chi connectivity index (χ4n) is 2.17. The van der Waals surface area contributed by atoms with Crippen LogP contribution >= 0.6 is 0 Å². The molecule has 0 atom stereocenters. The summed E-state index contributed by atoms with van der Waals surface area (Å²) in [6.45, 7) is 0.673. The molecular weight excluding hydrogens is 266 g/mol. The zero-order valence-corrected chi connectivity index (χ0v) is 12.3. The molecule has 5 nitrogen and oxygen atoms in total. The van der Waals surface area contributed by atoms with E-state index in [1.54, 1.807) is 26.6 Å². The molecule has 21 heavy (non-hydrogen) atoms. The summed E-state index contributed by atoms with van der Waals surface area (Å²) in [4.78, 5) is 4.12. The van der Waals surface area contributed by atoms with Crippen molar-refractivity contribution in [3.05, 3.63) is 41.7 Å². The molecule has 0 fully saturated rings. The molecular formula is C16H17N3O2. The van der Waals surface area contributed by atoms with Crippen molar-refractivity contribution >= 4 is 0 Å². The van der Waals surface area contributed by atoms with Crippen LogP contribution in [0, 0.1) is 11.3 Å². The number of hydrogen-bond donors (Lipinski definition) is 1. The van der Waals surface area contributed by atoms with Crippen molar-refractivity contribution in [2.24, 2.45) is 0 Å². The average Bonchev–Trinajstić information content (AvgIpc) is 2.54. The minimum atomic E-state index is 0.526. The minimum absolute atomic E-state index is 0.526. The molecule has 0 aliphatic rings. The highest BCUT2D eigenvalue weighted by Gasteiger charge is 2.13. The van der Waals surface area contributed by atoms with E-state index in [1.807, 2.05) is 25.2 Å². The molecule has 2 aromatic rings. The smallest absolute Gasteiger partial charge is 0.161 e. The van der Waals surface area contributed by atoms with Crippen LogP contribution < -0.4 is 14.8 Å². The molecule has 0 bridgehead atoms. The van der Waals surface area contributed by atoms with Gasteiger partial charge in [-0.05, 0) is 36.4 Å². The monoisotopic (exact) mass is 283 g/mol. The van der Waals surface area contributed by atoms with Gasteiger partial charge in [0.1, 0.15) is 6.07 Å². The molecule has 1 aromatic carbocycles. The average molecular weight is 283 g/mol. The van der Waals surface area contributed by atoms with Gasteiger partial charge < -0.3 is 14.8 Å². The number of pyridine rings is 1. The van der Waals surface area contributed by atoms with Gasteiger partial charge in [0.05, 0.1) is 19.8 Å². The van der Waals surface area contributed by atoms with Crippen LogP contribution in [0.4, 0.5) is 0 Å². The molecule has 2 rings (SSSR count).